The van der Waals surface area contributed by atoms with Crippen LogP contribution in [0.4, 0.5) is 0 Å². The van der Waals surface area contributed by atoms with Crippen molar-refractivity contribution in [2.45, 2.75) is 32.6 Å². The summed E-state index contributed by atoms with van der Waals surface area (Å²) in [7, 11) is 0. The highest BCUT2D eigenvalue weighted by atomic mass is 127. The van der Waals surface area contributed by atoms with Gasteiger partial charge < -0.3 is 9.15 Å². The maximum absolute atomic E-state index is 10.6. The number of oxazole rings is 1. The van der Waals surface area contributed by atoms with Crippen LogP contribution in [0.3, 0.4) is 0 Å². The summed E-state index contributed by atoms with van der Waals surface area (Å²) in [4.78, 5) is 15.0. The maximum atomic E-state index is 10.6. The lowest BCUT2D eigenvalue weighted by Crippen LogP contribution is -2.00. The first-order valence-electron chi connectivity index (χ1n) is 6.23. The van der Waals surface area contributed by atoms with Crippen LogP contribution in [-0.2, 0) is 16.0 Å². The molecule has 0 spiro atoms. The molecule has 0 aliphatic heterocycles. The number of hydrogen-bond acceptors (Lipinski definition) is 4. The van der Waals surface area contributed by atoms with Crippen molar-refractivity contribution in [1.29, 1.82) is 0 Å². The first kappa shape index (κ1) is 15.9. The quantitative estimate of drug-likeness (QED) is 0.439. The maximum Gasteiger partial charge on any atom is 0.302 e. The molecule has 0 bridgehead atoms. The molecule has 0 aliphatic rings. The van der Waals surface area contributed by atoms with Gasteiger partial charge in [0.2, 0.25) is 0 Å². The second-order valence-corrected chi connectivity index (χ2v) is 4.23. The van der Waals surface area contributed by atoms with Gasteiger partial charge in [-0.05, 0) is 31.4 Å². The van der Waals surface area contributed by atoms with E-state index in [0.717, 1.165) is 42.7 Å². The number of esters is 1. The van der Waals surface area contributed by atoms with E-state index in [4.69, 9.17) is 9.15 Å². The minimum atomic E-state index is -0.214. The van der Waals surface area contributed by atoms with Gasteiger partial charge in [0.15, 0.2) is 11.5 Å². The molecule has 0 N–H and O–H groups in total. The molecule has 0 radical (unpaired) electrons. The summed E-state index contributed by atoms with van der Waals surface area (Å²) in [5.74, 6) is 0.567. The lowest BCUT2D eigenvalue weighted by atomic mass is 10.2. The molecule has 0 fully saturated rings. The van der Waals surface area contributed by atoms with E-state index < -0.39 is 0 Å². The normalized spacial score (nSPS) is 10.2. The Morgan fingerprint density at radius 2 is 2.05 bits per heavy atom. The van der Waals surface area contributed by atoms with Gasteiger partial charge in [-0.25, -0.2) is 4.98 Å². The minimum absolute atomic E-state index is 0. The minimum Gasteiger partial charge on any atom is -0.466 e. The van der Waals surface area contributed by atoms with Crippen molar-refractivity contribution < 1.29 is 13.9 Å². The highest BCUT2D eigenvalue weighted by Gasteiger charge is 2.04. The summed E-state index contributed by atoms with van der Waals surface area (Å²) in [6.07, 6.45) is 3.72. The Balaban J connectivity index is 0.00000180. The largest absolute Gasteiger partial charge is 0.466 e. The lowest BCUT2D eigenvalue weighted by molar-refractivity contribution is -0.141. The zero-order valence-electron chi connectivity index (χ0n) is 10.9. The SMILES string of the molecule is CC(=O)OCCCCCc1nc2ccccc2o1.I. The van der Waals surface area contributed by atoms with Crippen molar-refractivity contribution in [2.24, 2.45) is 0 Å². The van der Waals surface area contributed by atoms with E-state index in [1.165, 1.54) is 6.92 Å². The molecule has 1 heterocycles. The number of aromatic nitrogens is 1. The molecule has 0 aliphatic carbocycles. The summed E-state index contributed by atoms with van der Waals surface area (Å²) in [5.41, 5.74) is 1.75. The molecule has 0 unspecified atom stereocenters. The van der Waals surface area contributed by atoms with E-state index in [1.54, 1.807) is 0 Å². The number of unbranched alkanes of at least 4 members (excludes halogenated alkanes) is 2. The van der Waals surface area contributed by atoms with Gasteiger partial charge in [0.05, 0.1) is 6.61 Å². The second-order valence-electron chi connectivity index (χ2n) is 4.23. The van der Waals surface area contributed by atoms with E-state index >= 15 is 0 Å². The molecule has 4 nitrogen and oxygen atoms in total. The van der Waals surface area contributed by atoms with Crippen molar-refractivity contribution in [3.63, 3.8) is 0 Å². The fourth-order valence-electron chi connectivity index (χ4n) is 1.80. The van der Waals surface area contributed by atoms with Gasteiger partial charge in [0, 0.05) is 13.3 Å². The molecule has 2 rings (SSSR count). The van der Waals surface area contributed by atoms with Crippen LogP contribution in [-0.4, -0.2) is 17.6 Å². The standard InChI is InChI=1S/C14H17NO3.HI/c1-11(16)17-10-6-2-3-9-14-15-12-7-4-5-8-13(12)18-14;/h4-5,7-8H,2-3,6,9-10H2,1H3;1H. The number of halogens is 1. The number of carbonyl (C=O) groups excluding carboxylic acids is 1. The lowest BCUT2D eigenvalue weighted by Gasteiger charge is -2.00. The average molecular weight is 375 g/mol. The van der Waals surface area contributed by atoms with Crippen molar-refractivity contribution in [2.75, 3.05) is 6.61 Å². The van der Waals surface area contributed by atoms with Crippen molar-refractivity contribution in [3.8, 4) is 0 Å². The van der Waals surface area contributed by atoms with Gasteiger partial charge in [0.25, 0.3) is 0 Å². The van der Waals surface area contributed by atoms with Gasteiger partial charge in [0.1, 0.15) is 5.52 Å². The third kappa shape index (κ3) is 5.18. The molecule has 0 saturated carbocycles. The molecule has 0 atom stereocenters. The van der Waals surface area contributed by atoms with Crippen LogP contribution in [0.15, 0.2) is 28.7 Å². The zero-order valence-corrected chi connectivity index (χ0v) is 13.3. The first-order valence-corrected chi connectivity index (χ1v) is 6.23. The first-order chi connectivity index (χ1) is 8.75. The van der Waals surface area contributed by atoms with Gasteiger partial charge >= 0.3 is 5.97 Å². The summed E-state index contributed by atoms with van der Waals surface area (Å²) >= 11 is 0. The number of hydrogen-bond donors (Lipinski definition) is 0. The number of aryl methyl sites for hydroxylation is 1. The summed E-state index contributed by atoms with van der Waals surface area (Å²) < 4.78 is 10.5. The summed E-state index contributed by atoms with van der Waals surface area (Å²) in [5, 5.41) is 0. The highest BCUT2D eigenvalue weighted by molar-refractivity contribution is 14.0. The Labute approximate surface area is 129 Å². The number of ether oxygens (including phenoxy) is 1. The van der Waals surface area contributed by atoms with Crippen molar-refractivity contribution >= 4 is 41.0 Å². The third-order valence-electron chi connectivity index (χ3n) is 2.68. The van der Waals surface area contributed by atoms with Crippen LogP contribution in [0.1, 0.15) is 32.1 Å². The van der Waals surface area contributed by atoms with Gasteiger partial charge in [-0.1, -0.05) is 12.1 Å². The van der Waals surface area contributed by atoms with Crippen LogP contribution in [0.2, 0.25) is 0 Å². The van der Waals surface area contributed by atoms with Gasteiger partial charge in [-0.3, -0.25) is 4.79 Å². The molecular formula is C14H18INO3. The Hall–Kier alpha value is -1.11. The van der Waals surface area contributed by atoms with E-state index in [1.807, 2.05) is 24.3 Å². The van der Waals surface area contributed by atoms with Crippen LogP contribution in [0, 0.1) is 0 Å². The van der Waals surface area contributed by atoms with Crippen LogP contribution < -0.4 is 0 Å². The highest BCUT2D eigenvalue weighted by Crippen LogP contribution is 2.16. The molecule has 0 amide bonds. The van der Waals surface area contributed by atoms with E-state index in [9.17, 15) is 4.79 Å². The number of fused-ring (bicyclic) bond motifs is 1. The molecule has 104 valence electrons. The molecule has 2 aromatic rings. The Bertz CT molecular complexity index is 491. The number of para-hydroxylation sites is 2. The average Bonchev–Trinajstić information content (AvgIpc) is 2.75. The zero-order chi connectivity index (χ0) is 12.8. The van der Waals surface area contributed by atoms with Crippen LogP contribution >= 0.6 is 24.0 Å². The Morgan fingerprint density at radius 1 is 1.26 bits per heavy atom. The smallest absolute Gasteiger partial charge is 0.302 e. The predicted octanol–water partition coefficient (Wildman–Crippen LogP) is 3.72. The predicted molar refractivity (Wildman–Crippen MR) is 83.6 cm³/mol. The number of nitrogens with zero attached hydrogens (tertiary/aromatic N) is 1. The monoisotopic (exact) mass is 375 g/mol. The van der Waals surface area contributed by atoms with Crippen molar-refractivity contribution in [1.82, 2.24) is 4.98 Å². The third-order valence-corrected chi connectivity index (χ3v) is 2.68. The van der Waals surface area contributed by atoms with Gasteiger partial charge in [-0.2, -0.15) is 0 Å². The number of carbonyl (C=O) groups is 1. The fraction of sp³-hybridized carbons (Fsp3) is 0.429. The molecule has 5 heteroatoms. The number of rotatable bonds is 6. The van der Waals surface area contributed by atoms with E-state index in [0.29, 0.717) is 6.61 Å². The van der Waals surface area contributed by atoms with Crippen LogP contribution in [0.5, 0.6) is 0 Å². The van der Waals surface area contributed by atoms with Crippen molar-refractivity contribution in [3.05, 3.63) is 30.2 Å². The molecule has 1 aromatic carbocycles. The second kappa shape index (κ2) is 8.14. The summed E-state index contributed by atoms with van der Waals surface area (Å²) in [6.45, 7) is 1.93. The Kier molecular flexibility index (Phi) is 6.83. The fourth-order valence-corrected chi connectivity index (χ4v) is 1.80. The molecule has 0 saturated heterocycles. The Morgan fingerprint density at radius 3 is 2.79 bits per heavy atom. The van der Waals surface area contributed by atoms with Gasteiger partial charge in [-0.15, -0.1) is 24.0 Å². The van der Waals surface area contributed by atoms with E-state index in [2.05, 4.69) is 4.98 Å². The number of benzene rings is 1. The topological polar surface area (TPSA) is 52.3 Å². The van der Waals surface area contributed by atoms with Crippen LogP contribution in [0.25, 0.3) is 11.1 Å². The molecule has 1 aromatic heterocycles. The molecule has 19 heavy (non-hydrogen) atoms. The summed E-state index contributed by atoms with van der Waals surface area (Å²) in [6, 6.07) is 7.76. The molecular weight excluding hydrogens is 357 g/mol. The van der Waals surface area contributed by atoms with E-state index in [-0.39, 0.29) is 29.9 Å².